The van der Waals surface area contributed by atoms with Gasteiger partial charge in [-0.2, -0.15) is 0 Å². The summed E-state index contributed by atoms with van der Waals surface area (Å²) in [5.74, 6) is 0.892. The van der Waals surface area contributed by atoms with Crippen molar-refractivity contribution < 1.29 is 0 Å². The van der Waals surface area contributed by atoms with Crippen LogP contribution in [0.25, 0.3) is 0 Å². The molecule has 1 aromatic rings. The van der Waals surface area contributed by atoms with Crippen LogP contribution in [0.1, 0.15) is 12.6 Å². The molecular formula is C11H18N4. The van der Waals surface area contributed by atoms with Gasteiger partial charge in [-0.1, -0.05) is 6.07 Å². The van der Waals surface area contributed by atoms with Crippen LogP contribution in [0.3, 0.4) is 0 Å². The second-order valence-electron chi connectivity index (χ2n) is 3.39. The van der Waals surface area contributed by atoms with Gasteiger partial charge >= 0.3 is 0 Å². The summed E-state index contributed by atoms with van der Waals surface area (Å²) < 4.78 is 0. The fourth-order valence-electron chi connectivity index (χ4n) is 1.16. The van der Waals surface area contributed by atoms with E-state index in [0.717, 1.165) is 18.2 Å². The van der Waals surface area contributed by atoms with E-state index >= 15 is 0 Å². The topological polar surface area (TPSA) is 40.5 Å². The van der Waals surface area contributed by atoms with Crippen LogP contribution in [0, 0.1) is 0 Å². The first-order chi connectivity index (χ1) is 7.24. The van der Waals surface area contributed by atoms with E-state index in [1.807, 2.05) is 37.2 Å². The molecular weight excluding hydrogens is 188 g/mol. The third-order valence-electron chi connectivity index (χ3n) is 1.88. The average molecular weight is 206 g/mol. The molecule has 0 unspecified atom stereocenters. The Morgan fingerprint density at radius 2 is 2.27 bits per heavy atom. The molecule has 0 amide bonds. The lowest BCUT2D eigenvalue weighted by atomic mass is 10.3. The van der Waals surface area contributed by atoms with Crippen LogP contribution in [0.15, 0.2) is 29.4 Å². The number of aromatic nitrogens is 1. The van der Waals surface area contributed by atoms with Gasteiger partial charge in [0.2, 0.25) is 0 Å². The molecule has 0 aromatic carbocycles. The molecule has 1 N–H and O–H groups in total. The zero-order valence-corrected chi connectivity index (χ0v) is 9.57. The van der Waals surface area contributed by atoms with E-state index in [9.17, 15) is 0 Å². The predicted octanol–water partition coefficient (Wildman–Crippen LogP) is 1.11. The zero-order chi connectivity index (χ0) is 11.1. The van der Waals surface area contributed by atoms with Crippen LogP contribution >= 0.6 is 0 Å². The first-order valence-electron chi connectivity index (χ1n) is 5.09. The van der Waals surface area contributed by atoms with Crippen molar-refractivity contribution in [3.05, 3.63) is 30.1 Å². The van der Waals surface area contributed by atoms with Crippen molar-refractivity contribution in [3.8, 4) is 0 Å². The molecule has 82 valence electrons. The van der Waals surface area contributed by atoms with Crippen LogP contribution in [0.4, 0.5) is 0 Å². The summed E-state index contributed by atoms with van der Waals surface area (Å²) in [5.41, 5.74) is 0.981. The Morgan fingerprint density at radius 1 is 1.47 bits per heavy atom. The Kier molecular flexibility index (Phi) is 4.60. The molecule has 0 saturated heterocycles. The van der Waals surface area contributed by atoms with Crippen LogP contribution < -0.4 is 5.32 Å². The lowest BCUT2D eigenvalue weighted by Gasteiger charge is -2.16. The SMILES string of the molecule is CCNC(=NCc1ccccn1)N(C)C. The van der Waals surface area contributed by atoms with Crippen molar-refractivity contribution in [2.75, 3.05) is 20.6 Å². The fourth-order valence-corrected chi connectivity index (χ4v) is 1.16. The van der Waals surface area contributed by atoms with Gasteiger partial charge in [0.1, 0.15) is 0 Å². The van der Waals surface area contributed by atoms with E-state index < -0.39 is 0 Å². The van der Waals surface area contributed by atoms with Gasteiger partial charge in [0.15, 0.2) is 5.96 Å². The normalized spacial score (nSPS) is 11.3. The van der Waals surface area contributed by atoms with E-state index in [0.29, 0.717) is 6.54 Å². The van der Waals surface area contributed by atoms with Gasteiger partial charge in [-0.25, -0.2) is 4.99 Å². The Balaban J connectivity index is 2.61. The third-order valence-corrected chi connectivity index (χ3v) is 1.88. The summed E-state index contributed by atoms with van der Waals surface area (Å²) in [6.45, 7) is 3.54. The maximum atomic E-state index is 4.45. The summed E-state index contributed by atoms with van der Waals surface area (Å²) in [6.07, 6.45) is 1.79. The minimum absolute atomic E-state index is 0.612. The predicted molar refractivity (Wildman–Crippen MR) is 62.7 cm³/mol. The Bertz CT molecular complexity index is 306. The number of hydrogen-bond donors (Lipinski definition) is 1. The van der Waals surface area contributed by atoms with Gasteiger partial charge in [0.05, 0.1) is 12.2 Å². The quantitative estimate of drug-likeness (QED) is 0.595. The van der Waals surface area contributed by atoms with Crippen molar-refractivity contribution in [2.24, 2.45) is 4.99 Å². The van der Waals surface area contributed by atoms with Gasteiger partial charge in [-0.15, -0.1) is 0 Å². The number of nitrogens with zero attached hydrogens (tertiary/aromatic N) is 3. The van der Waals surface area contributed by atoms with E-state index in [1.54, 1.807) is 6.20 Å². The molecule has 15 heavy (non-hydrogen) atoms. The number of nitrogens with one attached hydrogen (secondary N) is 1. The zero-order valence-electron chi connectivity index (χ0n) is 9.57. The first-order valence-corrected chi connectivity index (χ1v) is 5.09. The fraction of sp³-hybridized carbons (Fsp3) is 0.455. The summed E-state index contributed by atoms with van der Waals surface area (Å²) in [4.78, 5) is 10.6. The highest BCUT2D eigenvalue weighted by atomic mass is 15.3. The highest BCUT2D eigenvalue weighted by Gasteiger charge is 1.99. The first kappa shape index (κ1) is 11.5. The molecule has 1 aromatic heterocycles. The second kappa shape index (κ2) is 6.01. The molecule has 0 saturated carbocycles. The average Bonchev–Trinajstić information content (AvgIpc) is 2.25. The Hall–Kier alpha value is -1.58. The summed E-state index contributed by atoms with van der Waals surface area (Å²) in [6, 6.07) is 5.85. The van der Waals surface area contributed by atoms with Crippen molar-refractivity contribution in [3.63, 3.8) is 0 Å². The van der Waals surface area contributed by atoms with Gasteiger partial charge < -0.3 is 10.2 Å². The van der Waals surface area contributed by atoms with Gasteiger partial charge in [0, 0.05) is 26.8 Å². The maximum Gasteiger partial charge on any atom is 0.193 e. The summed E-state index contributed by atoms with van der Waals surface area (Å²) in [5, 5.41) is 3.20. The van der Waals surface area contributed by atoms with Crippen LogP contribution in [0.5, 0.6) is 0 Å². The lowest BCUT2D eigenvalue weighted by Crippen LogP contribution is -2.36. The molecule has 1 heterocycles. The number of aliphatic imine (C=N–C) groups is 1. The monoisotopic (exact) mass is 206 g/mol. The minimum Gasteiger partial charge on any atom is -0.357 e. The van der Waals surface area contributed by atoms with Crippen LogP contribution in [-0.4, -0.2) is 36.5 Å². The summed E-state index contributed by atoms with van der Waals surface area (Å²) >= 11 is 0. The Labute approximate surface area is 91.0 Å². The van der Waals surface area contributed by atoms with E-state index in [-0.39, 0.29) is 0 Å². The van der Waals surface area contributed by atoms with Crippen LogP contribution in [-0.2, 0) is 6.54 Å². The molecule has 0 atom stereocenters. The minimum atomic E-state index is 0.612. The highest BCUT2D eigenvalue weighted by molar-refractivity contribution is 5.79. The maximum absolute atomic E-state index is 4.45. The largest absolute Gasteiger partial charge is 0.357 e. The van der Waals surface area contributed by atoms with Gasteiger partial charge in [-0.05, 0) is 19.1 Å². The van der Waals surface area contributed by atoms with Gasteiger partial charge in [0.25, 0.3) is 0 Å². The van der Waals surface area contributed by atoms with Gasteiger partial charge in [-0.3, -0.25) is 4.98 Å². The second-order valence-corrected chi connectivity index (χ2v) is 3.39. The number of rotatable bonds is 3. The van der Waals surface area contributed by atoms with Crippen molar-refractivity contribution in [1.29, 1.82) is 0 Å². The van der Waals surface area contributed by atoms with Crippen molar-refractivity contribution in [1.82, 2.24) is 15.2 Å². The Morgan fingerprint density at radius 3 is 2.80 bits per heavy atom. The molecule has 0 fully saturated rings. The molecule has 0 aliphatic carbocycles. The molecule has 0 radical (unpaired) electrons. The van der Waals surface area contributed by atoms with E-state index in [1.165, 1.54) is 0 Å². The van der Waals surface area contributed by atoms with Crippen molar-refractivity contribution >= 4 is 5.96 Å². The number of pyridine rings is 1. The van der Waals surface area contributed by atoms with Crippen molar-refractivity contribution in [2.45, 2.75) is 13.5 Å². The smallest absolute Gasteiger partial charge is 0.193 e. The summed E-state index contributed by atoms with van der Waals surface area (Å²) in [7, 11) is 3.94. The third kappa shape index (κ3) is 3.97. The standard InChI is InChI=1S/C11H18N4/c1-4-12-11(15(2)3)14-9-10-7-5-6-8-13-10/h5-8H,4,9H2,1-3H3,(H,12,14). The molecule has 0 aliphatic heterocycles. The van der Waals surface area contributed by atoms with Crippen LogP contribution in [0.2, 0.25) is 0 Å². The van der Waals surface area contributed by atoms with E-state index in [4.69, 9.17) is 0 Å². The molecule has 1 rings (SSSR count). The molecule has 0 spiro atoms. The highest BCUT2D eigenvalue weighted by Crippen LogP contribution is 1.96. The van der Waals surface area contributed by atoms with E-state index in [2.05, 4.69) is 22.2 Å². The molecule has 0 aliphatic rings. The lowest BCUT2D eigenvalue weighted by molar-refractivity contribution is 0.583. The molecule has 0 bridgehead atoms. The molecule has 4 heteroatoms. The molecule has 4 nitrogen and oxygen atoms in total. The number of hydrogen-bond acceptors (Lipinski definition) is 2. The number of guanidine groups is 1.